The highest BCUT2D eigenvalue weighted by Gasteiger charge is 2.19. The molecule has 0 bridgehead atoms. The lowest BCUT2D eigenvalue weighted by Crippen LogP contribution is -2.64. The molecule has 0 atom stereocenters. The summed E-state index contributed by atoms with van der Waals surface area (Å²) < 4.78 is 0. The van der Waals surface area contributed by atoms with Crippen molar-refractivity contribution < 1.29 is 9.90 Å². The molecule has 6 nitrogen and oxygen atoms in total. The Kier molecular flexibility index (Phi) is 12.4. The molecule has 6 heteroatoms. The number of nitrogens with two attached hydrogens (primary N) is 3. The van der Waals surface area contributed by atoms with Gasteiger partial charge in [0.25, 0.3) is 0 Å². The molecule has 0 heterocycles. The van der Waals surface area contributed by atoms with Crippen molar-refractivity contribution in [3.05, 3.63) is 0 Å². The fraction of sp³-hybridized carbons (Fsp3) is 0.938. The lowest BCUT2D eigenvalue weighted by molar-refractivity contribution is -0.138. The Balaban J connectivity index is 3.61. The molecule has 7 N–H and O–H groups in total. The maximum absolute atomic E-state index is 10.8. The van der Waals surface area contributed by atoms with Crippen molar-refractivity contribution in [2.75, 3.05) is 19.6 Å². The van der Waals surface area contributed by atoms with Gasteiger partial charge in [0.15, 0.2) is 0 Å². The zero-order chi connectivity index (χ0) is 16.8. The zero-order valence-corrected chi connectivity index (χ0v) is 14.2. The largest absolute Gasteiger partial charge is 0.480 e. The van der Waals surface area contributed by atoms with Crippen molar-refractivity contribution in [1.82, 2.24) is 4.90 Å². The Labute approximate surface area is 135 Å². The molecule has 22 heavy (non-hydrogen) atoms. The van der Waals surface area contributed by atoms with Crippen LogP contribution in [0.1, 0.15) is 71.1 Å². The fourth-order valence-corrected chi connectivity index (χ4v) is 2.62. The lowest BCUT2D eigenvalue weighted by Gasteiger charge is -2.28. The average molecular weight is 316 g/mol. The molecule has 0 aliphatic carbocycles. The average Bonchev–Trinajstić information content (AvgIpc) is 2.38. The van der Waals surface area contributed by atoms with Gasteiger partial charge in [0, 0.05) is 6.54 Å². The molecule has 0 fully saturated rings. The number of unbranched alkanes of at least 4 members (excludes halogenated alkanes) is 9. The van der Waals surface area contributed by atoms with Gasteiger partial charge in [0.05, 0.1) is 6.54 Å². The monoisotopic (exact) mass is 316 g/mol. The molecule has 0 spiro atoms. The maximum atomic E-state index is 10.8. The minimum atomic E-state index is -1.34. The highest BCUT2D eigenvalue weighted by atomic mass is 16.4. The number of hydrogen-bond donors (Lipinski definition) is 4. The van der Waals surface area contributed by atoms with Crippen LogP contribution in [0.25, 0.3) is 0 Å². The van der Waals surface area contributed by atoms with Crippen LogP contribution in [-0.4, -0.2) is 41.4 Å². The minimum Gasteiger partial charge on any atom is -0.480 e. The molecule has 0 radical (unpaired) electrons. The Hall–Kier alpha value is -0.690. The molecule has 0 aromatic heterocycles. The number of nitrogens with zero attached hydrogens (tertiary/aromatic N) is 1. The Morgan fingerprint density at radius 2 is 1.36 bits per heavy atom. The van der Waals surface area contributed by atoms with E-state index in [0.29, 0.717) is 6.54 Å². The predicted octanol–water partition coefficient (Wildman–Crippen LogP) is 1.82. The smallest absolute Gasteiger partial charge is 0.317 e. The quantitative estimate of drug-likeness (QED) is 0.270. The van der Waals surface area contributed by atoms with Crippen LogP contribution in [0.15, 0.2) is 0 Å². The van der Waals surface area contributed by atoms with E-state index in [1.54, 1.807) is 4.90 Å². The Morgan fingerprint density at radius 3 is 1.77 bits per heavy atom. The van der Waals surface area contributed by atoms with Gasteiger partial charge in [0.1, 0.15) is 5.79 Å². The van der Waals surface area contributed by atoms with Gasteiger partial charge < -0.3 is 22.3 Å². The molecule has 0 unspecified atom stereocenters. The zero-order valence-electron chi connectivity index (χ0n) is 14.2. The van der Waals surface area contributed by atoms with Crippen LogP contribution in [0.5, 0.6) is 0 Å². The first-order valence-corrected chi connectivity index (χ1v) is 8.66. The van der Waals surface area contributed by atoms with E-state index in [4.69, 9.17) is 22.3 Å². The first kappa shape index (κ1) is 21.3. The van der Waals surface area contributed by atoms with E-state index < -0.39 is 11.8 Å². The van der Waals surface area contributed by atoms with Gasteiger partial charge in [-0.05, 0) is 13.0 Å². The van der Waals surface area contributed by atoms with E-state index in [1.807, 2.05) is 0 Å². The van der Waals surface area contributed by atoms with Gasteiger partial charge in [-0.15, -0.1) is 0 Å². The fourth-order valence-electron chi connectivity index (χ4n) is 2.62. The van der Waals surface area contributed by atoms with Crippen molar-refractivity contribution in [3.8, 4) is 0 Å². The van der Waals surface area contributed by atoms with Crippen LogP contribution in [0, 0.1) is 0 Å². The Morgan fingerprint density at radius 1 is 0.909 bits per heavy atom. The number of carboxylic acids is 1. The molecule has 0 aliphatic rings. The molecule has 0 aromatic rings. The van der Waals surface area contributed by atoms with Crippen LogP contribution in [0.4, 0.5) is 0 Å². The van der Waals surface area contributed by atoms with E-state index in [0.717, 1.165) is 12.8 Å². The summed E-state index contributed by atoms with van der Waals surface area (Å²) in [6.45, 7) is 3.04. The number of carboxylic acid groups (broad SMARTS) is 1. The van der Waals surface area contributed by atoms with Crippen LogP contribution < -0.4 is 17.2 Å². The molecule has 0 rings (SSSR count). The second-order valence-corrected chi connectivity index (χ2v) is 6.40. The van der Waals surface area contributed by atoms with E-state index in [1.165, 1.54) is 51.4 Å². The minimum absolute atomic E-state index is 0.0647. The normalized spacial score (nSPS) is 12.0. The van der Waals surface area contributed by atoms with Crippen LogP contribution in [0.3, 0.4) is 0 Å². The van der Waals surface area contributed by atoms with Gasteiger partial charge in [-0.1, -0.05) is 64.7 Å². The summed E-state index contributed by atoms with van der Waals surface area (Å²) >= 11 is 0. The number of rotatable bonds is 15. The van der Waals surface area contributed by atoms with Crippen molar-refractivity contribution in [1.29, 1.82) is 0 Å². The summed E-state index contributed by atoms with van der Waals surface area (Å²) in [5, 5.41) is 8.88. The third-order valence-corrected chi connectivity index (χ3v) is 3.68. The molecule has 0 amide bonds. The van der Waals surface area contributed by atoms with Crippen LogP contribution in [-0.2, 0) is 4.79 Å². The van der Waals surface area contributed by atoms with Crippen molar-refractivity contribution in [2.45, 2.75) is 76.9 Å². The second kappa shape index (κ2) is 12.8. The molecule has 0 aliphatic heterocycles. The summed E-state index contributed by atoms with van der Waals surface area (Å²) in [5.74, 6) is -2.22. The van der Waals surface area contributed by atoms with E-state index in [2.05, 4.69) is 6.92 Å². The molecular weight excluding hydrogens is 280 g/mol. The third-order valence-electron chi connectivity index (χ3n) is 3.68. The highest BCUT2D eigenvalue weighted by molar-refractivity contribution is 5.69. The summed E-state index contributed by atoms with van der Waals surface area (Å²) in [6.07, 6.45) is 12.5. The van der Waals surface area contributed by atoms with Gasteiger partial charge in [-0.3, -0.25) is 9.69 Å². The summed E-state index contributed by atoms with van der Waals surface area (Å²) in [7, 11) is 0. The highest BCUT2D eigenvalue weighted by Crippen LogP contribution is 2.10. The van der Waals surface area contributed by atoms with Crippen molar-refractivity contribution in [3.63, 3.8) is 0 Å². The lowest BCUT2D eigenvalue weighted by atomic mass is 10.1. The SMILES string of the molecule is CCCCCCCCCCCCN(CC(=O)O)CC(N)(N)N. The molecule has 0 saturated heterocycles. The molecule has 0 saturated carbocycles. The maximum Gasteiger partial charge on any atom is 0.317 e. The van der Waals surface area contributed by atoms with Crippen molar-refractivity contribution >= 4 is 5.97 Å². The summed E-state index contributed by atoms with van der Waals surface area (Å²) in [4.78, 5) is 12.5. The van der Waals surface area contributed by atoms with E-state index >= 15 is 0 Å². The van der Waals surface area contributed by atoms with Gasteiger partial charge in [-0.2, -0.15) is 0 Å². The summed E-state index contributed by atoms with van der Waals surface area (Å²) in [5.41, 5.74) is 16.7. The number of hydrogen-bond acceptors (Lipinski definition) is 5. The van der Waals surface area contributed by atoms with E-state index in [-0.39, 0.29) is 13.1 Å². The first-order chi connectivity index (χ1) is 10.3. The van der Waals surface area contributed by atoms with Crippen LogP contribution in [0.2, 0.25) is 0 Å². The summed E-state index contributed by atoms with van der Waals surface area (Å²) in [6, 6.07) is 0. The topological polar surface area (TPSA) is 119 Å². The molecule has 0 aromatic carbocycles. The third kappa shape index (κ3) is 15.7. The second-order valence-electron chi connectivity index (χ2n) is 6.40. The molecular formula is C16H36N4O2. The van der Waals surface area contributed by atoms with Crippen LogP contribution >= 0.6 is 0 Å². The van der Waals surface area contributed by atoms with E-state index in [9.17, 15) is 4.79 Å². The van der Waals surface area contributed by atoms with Crippen molar-refractivity contribution in [2.24, 2.45) is 17.2 Å². The van der Waals surface area contributed by atoms with Gasteiger partial charge >= 0.3 is 5.97 Å². The number of aliphatic carboxylic acids is 1. The predicted molar refractivity (Wildman–Crippen MR) is 91.2 cm³/mol. The molecule has 132 valence electrons. The Bertz CT molecular complexity index is 280. The first-order valence-electron chi connectivity index (χ1n) is 8.66. The van der Waals surface area contributed by atoms with Gasteiger partial charge in [0.2, 0.25) is 0 Å². The van der Waals surface area contributed by atoms with Gasteiger partial charge in [-0.25, -0.2) is 0 Å². The standard InChI is InChI=1S/C16H36N4O2/c1-2-3-4-5-6-7-8-9-10-11-12-20(13-15(21)22)14-16(17,18)19/h2-14,17-19H2,1H3,(H,21,22). The number of carbonyl (C=O) groups is 1.